The number of rotatable bonds is 3. The lowest BCUT2D eigenvalue weighted by Gasteiger charge is -2.22. The van der Waals surface area contributed by atoms with Gasteiger partial charge >= 0.3 is 0 Å². The Hall–Kier alpha value is -0.260. The molecule has 1 N–H and O–H groups in total. The van der Waals surface area contributed by atoms with E-state index in [4.69, 9.17) is 0 Å². The van der Waals surface area contributed by atoms with E-state index >= 15 is 0 Å². The van der Waals surface area contributed by atoms with Crippen molar-refractivity contribution < 1.29 is 0 Å². The van der Waals surface area contributed by atoms with Gasteiger partial charge in [-0.05, 0) is 32.6 Å². The molecule has 0 saturated carbocycles. The molecule has 0 radical (unpaired) electrons. The van der Waals surface area contributed by atoms with Crippen molar-refractivity contribution in [1.82, 2.24) is 20.1 Å². The quantitative estimate of drug-likeness (QED) is 0.845. The molecule has 0 aliphatic carbocycles. The number of nitrogens with zero attached hydrogens (tertiary/aromatic N) is 3. The minimum Gasteiger partial charge on any atom is -0.316 e. The van der Waals surface area contributed by atoms with Crippen molar-refractivity contribution in [2.75, 3.05) is 19.3 Å². The van der Waals surface area contributed by atoms with Crippen molar-refractivity contribution in [2.24, 2.45) is 0 Å². The van der Waals surface area contributed by atoms with E-state index in [1.165, 1.54) is 12.8 Å². The first-order valence-electron chi connectivity index (χ1n) is 5.54. The monoisotopic (exact) mass is 262 g/mol. The van der Waals surface area contributed by atoms with Crippen molar-refractivity contribution in [3.63, 3.8) is 0 Å². The maximum Gasteiger partial charge on any atom is 0.190 e. The molecule has 1 fully saturated rings. The second kappa shape index (κ2) is 6.47. The van der Waals surface area contributed by atoms with Crippen LogP contribution in [0.4, 0.5) is 0 Å². The zero-order valence-electron chi connectivity index (χ0n) is 9.77. The van der Waals surface area contributed by atoms with Crippen molar-refractivity contribution >= 4 is 24.2 Å². The molecule has 0 bridgehead atoms. The van der Waals surface area contributed by atoms with Gasteiger partial charge < -0.3 is 9.88 Å². The van der Waals surface area contributed by atoms with Gasteiger partial charge in [-0.15, -0.1) is 22.6 Å². The van der Waals surface area contributed by atoms with Crippen LogP contribution in [-0.2, 0) is 6.54 Å². The summed E-state index contributed by atoms with van der Waals surface area (Å²) < 4.78 is 2.24. The van der Waals surface area contributed by atoms with E-state index in [1.807, 2.05) is 0 Å². The summed E-state index contributed by atoms with van der Waals surface area (Å²) in [5.74, 6) is 1.71. The van der Waals surface area contributed by atoms with Crippen molar-refractivity contribution in [3.05, 3.63) is 5.82 Å². The summed E-state index contributed by atoms with van der Waals surface area (Å²) in [6.45, 7) is 5.32. The third-order valence-corrected chi connectivity index (χ3v) is 3.57. The molecule has 92 valence electrons. The molecular formula is C10H19ClN4S. The number of nitrogens with one attached hydrogen (secondary N) is 1. The third-order valence-electron chi connectivity index (χ3n) is 2.91. The molecule has 2 heterocycles. The van der Waals surface area contributed by atoms with Crippen LogP contribution in [0.1, 0.15) is 31.5 Å². The molecule has 1 aliphatic heterocycles. The Kier molecular flexibility index (Phi) is 5.58. The van der Waals surface area contributed by atoms with Crippen LogP contribution in [0, 0.1) is 0 Å². The van der Waals surface area contributed by atoms with E-state index in [-0.39, 0.29) is 12.4 Å². The maximum absolute atomic E-state index is 4.33. The topological polar surface area (TPSA) is 42.7 Å². The molecule has 0 amide bonds. The first kappa shape index (κ1) is 13.8. The minimum absolute atomic E-state index is 0. The van der Waals surface area contributed by atoms with Crippen LogP contribution in [0.25, 0.3) is 0 Å². The molecular weight excluding hydrogens is 244 g/mol. The molecule has 6 heteroatoms. The number of thioether (sulfide) groups is 1. The van der Waals surface area contributed by atoms with Crippen LogP contribution >= 0.6 is 24.2 Å². The first-order valence-corrected chi connectivity index (χ1v) is 6.77. The standard InChI is InChI=1S/C10H18N4S.ClH/c1-3-14-9(12-13-10(14)15-2)8-5-4-6-11-7-8;/h8,11H,3-7H2,1-2H3;1H. The molecule has 0 spiro atoms. The molecule has 0 aromatic carbocycles. The van der Waals surface area contributed by atoms with Gasteiger partial charge in [0.2, 0.25) is 0 Å². The largest absolute Gasteiger partial charge is 0.316 e. The summed E-state index contributed by atoms with van der Waals surface area (Å²) in [6.07, 6.45) is 4.54. The smallest absolute Gasteiger partial charge is 0.190 e. The minimum atomic E-state index is 0. The van der Waals surface area contributed by atoms with E-state index < -0.39 is 0 Å². The highest BCUT2D eigenvalue weighted by molar-refractivity contribution is 7.98. The summed E-state index contributed by atoms with van der Waals surface area (Å²) in [6, 6.07) is 0. The van der Waals surface area contributed by atoms with Gasteiger partial charge in [0.25, 0.3) is 0 Å². The van der Waals surface area contributed by atoms with Crippen LogP contribution in [0.2, 0.25) is 0 Å². The normalized spacial score (nSPS) is 20.5. The van der Waals surface area contributed by atoms with Gasteiger partial charge in [-0.25, -0.2) is 0 Å². The van der Waals surface area contributed by atoms with Gasteiger partial charge in [0, 0.05) is 19.0 Å². The summed E-state index contributed by atoms with van der Waals surface area (Å²) in [5.41, 5.74) is 0. The maximum atomic E-state index is 4.33. The van der Waals surface area contributed by atoms with Crippen LogP contribution in [-0.4, -0.2) is 34.1 Å². The molecule has 1 aromatic heterocycles. The van der Waals surface area contributed by atoms with Crippen LogP contribution < -0.4 is 5.32 Å². The predicted molar refractivity (Wildman–Crippen MR) is 69.6 cm³/mol. The number of aromatic nitrogens is 3. The predicted octanol–water partition coefficient (Wildman–Crippen LogP) is 1.91. The fourth-order valence-corrected chi connectivity index (χ4v) is 2.69. The highest BCUT2D eigenvalue weighted by Gasteiger charge is 2.21. The Bertz CT molecular complexity index is 323. The number of piperidine rings is 1. The molecule has 1 aromatic rings. The van der Waals surface area contributed by atoms with Gasteiger partial charge in [-0.3, -0.25) is 0 Å². The first-order chi connectivity index (χ1) is 7.36. The van der Waals surface area contributed by atoms with Crippen molar-refractivity contribution in [2.45, 2.75) is 37.4 Å². The van der Waals surface area contributed by atoms with E-state index in [9.17, 15) is 0 Å². The Balaban J connectivity index is 0.00000128. The molecule has 16 heavy (non-hydrogen) atoms. The lowest BCUT2D eigenvalue weighted by Crippen LogP contribution is -2.30. The van der Waals surface area contributed by atoms with Gasteiger partial charge in [0.05, 0.1) is 0 Å². The molecule has 4 nitrogen and oxygen atoms in total. The molecule has 1 unspecified atom stereocenters. The van der Waals surface area contributed by atoms with Crippen molar-refractivity contribution in [3.8, 4) is 0 Å². The lowest BCUT2D eigenvalue weighted by molar-refractivity contribution is 0.430. The van der Waals surface area contributed by atoms with Crippen LogP contribution in [0.15, 0.2) is 5.16 Å². The van der Waals surface area contributed by atoms with Gasteiger partial charge in [-0.1, -0.05) is 11.8 Å². The fourth-order valence-electron chi connectivity index (χ4n) is 2.12. The number of hydrogen-bond donors (Lipinski definition) is 1. The lowest BCUT2D eigenvalue weighted by atomic mass is 9.99. The summed E-state index contributed by atoms with van der Waals surface area (Å²) in [7, 11) is 0. The number of hydrogen-bond acceptors (Lipinski definition) is 4. The zero-order valence-corrected chi connectivity index (χ0v) is 11.4. The van der Waals surface area contributed by atoms with Crippen LogP contribution in [0.5, 0.6) is 0 Å². The second-order valence-electron chi connectivity index (χ2n) is 3.83. The zero-order chi connectivity index (χ0) is 10.7. The second-order valence-corrected chi connectivity index (χ2v) is 4.61. The van der Waals surface area contributed by atoms with Crippen LogP contribution in [0.3, 0.4) is 0 Å². The Morgan fingerprint density at radius 3 is 2.88 bits per heavy atom. The molecule has 1 aliphatic rings. The summed E-state index contributed by atoms with van der Waals surface area (Å²) in [5, 5.41) is 13.0. The SMILES string of the molecule is CCn1c(SC)nnc1C1CCCNC1.Cl. The summed E-state index contributed by atoms with van der Waals surface area (Å²) >= 11 is 1.67. The Morgan fingerprint density at radius 1 is 1.50 bits per heavy atom. The summed E-state index contributed by atoms with van der Waals surface area (Å²) in [4.78, 5) is 0. The fraction of sp³-hybridized carbons (Fsp3) is 0.800. The van der Waals surface area contributed by atoms with Gasteiger partial charge in [-0.2, -0.15) is 0 Å². The molecule has 1 atom stereocenters. The van der Waals surface area contributed by atoms with Gasteiger partial charge in [0.15, 0.2) is 5.16 Å². The highest BCUT2D eigenvalue weighted by atomic mass is 35.5. The number of halogens is 1. The van der Waals surface area contributed by atoms with E-state index in [2.05, 4.69) is 33.3 Å². The van der Waals surface area contributed by atoms with Gasteiger partial charge in [0.1, 0.15) is 5.82 Å². The Labute approximate surface area is 107 Å². The van der Waals surface area contributed by atoms with E-state index in [0.717, 1.165) is 30.6 Å². The third kappa shape index (κ3) is 2.70. The highest BCUT2D eigenvalue weighted by Crippen LogP contribution is 2.24. The average Bonchev–Trinajstić information content (AvgIpc) is 2.72. The average molecular weight is 263 g/mol. The Morgan fingerprint density at radius 2 is 2.31 bits per heavy atom. The van der Waals surface area contributed by atoms with E-state index in [1.54, 1.807) is 11.8 Å². The van der Waals surface area contributed by atoms with E-state index in [0.29, 0.717) is 5.92 Å². The van der Waals surface area contributed by atoms with Crippen molar-refractivity contribution in [1.29, 1.82) is 0 Å². The molecule has 2 rings (SSSR count). The molecule has 1 saturated heterocycles.